The average molecular weight is 369 g/mol. The van der Waals surface area contributed by atoms with E-state index < -0.39 is 0 Å². The van der Waals surface area contributed by atoms with Gasteiger partial charge >= 0.3 is 0 Å². The Hall–Kier alpha value is 0.140. The Labute approximate surface area is 142 Å². The molecule has 0 spiro atoms. The Balaban J connectivity index is 1.73. The summed E-state index contributed by atoms with van der Waals surface area (Å²) in [6.45, 7) is 4.87. The van der Waals surface area contributed by atoms with Crippen molar-refractivity contribution in [1.82, 2.24) is 0 Å². The maximum atomic E-state index is 10.9. The molecule has 3 heteroatoms. The van der Waals surface area contributed by atoms with Crippen LogP contribution < -0.4 is 0 Å². The standard InChI is InChI=1S/C19H29BrO2/c1-18-5-4-14-17(15(18)9-12(20)10-18)16(22)8-11-7-13(21)3-6-19(11,14)2/h8,12-17,21-22H,3-7,9-10H2,1-2H3/t12-,13-,14-,15-,16-,17+,18+,19-/m0/s1. The lowest BCUT2D eigenvalue weighted by molar-refractivity contribution is -0.0825. The van der Waals surface area contributed by atoms with Crippen LogP contribution in [0.2, 0.25) is 0 Å². The van der Waals surface area contributed by atoms with Crippen LogP contribution in [-0.2, 0) is 0 Å². The van der Waals surface area contributed by atoms with E-state index in [2.05, 4.69) is 35.9 Å². The number of halogens is 1. The minimum Gasteiger partial charge on any atom is -0.393 e. The van der Waals surface area contributed by atoms with Gasteiger partial charge < -0.3 is 10.2 Å². The third kappa shape index (κ3) is 2.11. The molecular weight excluding hydrogens is 340 g/mol. The van der Waals surface area contributed by atoms with E-state index in [1.165, 1.54) is 31.3 Å². The van der Waals surface area contributed by atoms with Crippen LogP contribution in [0.1, 0.15) is 58.8 Å². The first kappa shape index (κ1) is 15.7. The molecule has 4 rings (SSSR count). The highest BCUT2D eigenvalue weighted by atomic mass is 79.9. The van der Waals surface area contributed by atoms with Crippen molar-refractivity contribution < 1.29 is 10.2 Å². The first-order valence-corrected chi connectivity index (χ1v) is 9.96. The minimum atomic E-state index is -0.305. The monoisotopic (exact) mass is 368 g/mol. The Morgan fingerprint density at radius 2 is 1.91 bits per heavy atom. The van der Waals surface area contributed by atoms with E-state index in [-0.39, 0.29) is 17.6 Å². The Morgan fingerprint density at radius 1 is 1.14 bits per heavy atom. The van der Waals surface area contributed by atoms with Gasteiger partial charge in [0.25, 0.3) is 0 Å². The number of aliphatic hydroxyl groups is 2. The van der Waals surface area contributed by atoms with Gasteiger partial charge in [-0.3, -0.25) is 0 Å². The van der Waals surface area contributed by atoms with Crippen LogP contribution in [0.25, 0.3) is 0 Å². The summed E-state index contributed by atoms with van der Waals surface area (Å²) in [6.07, 6.45) is 9.46. The largest absolute Gasteiger partial charge is 0.393 e. The Bertz CT molecular complexity index is 504. The number of fused-ring (bicyclic) bond motifs is 5. The van der Waals surface area contributed by atoms with Gasteiger partial charge in [-0.2, -0.15) is 0 Å². The smallest absolute Gasteiger partial charge is 0.0757 e. The molecule has 0 radical (unpaired) electrons. The molecule has 0 aromatic heterocycles. The average Bonchev–Trinajstić information content (AvgIpc) is 2.75. The van der Waals surface area contributed by atoms with E-state index in [0.29, 0.717) is 28.0 Å². The zero-order valence-corrected chi connectivity index (χ0v) is 15.3. The van der Waals surface area contributed by atoms with Gasteiger partial charge in [-0.25, -0.2) is 0 Å². The second kappa shape index (κ2) is 5.07. The molecule has 8 atom stereocenters. The molecule has 0 saturated heterocycles. The van der Waals surface area contributed by atoms with Gasteiger partial charge in [0.1, 0.15) is 0 Å². The predicted octanol–water partition coefficient (Wildman–Crippen LogP) is 4.04. The quantitative estimate of drug-likeness (QED) is 0.500. The van der Waals surface area contributed by atoms with Crippen molar-refractivity contribution in [3.8, 4) is 0 Å². The lowest BCUT2D eigenvalue weighted by atomic mass is 9.47. The van der Waals surface area contributed by atoms with Crippen LogP contribution in [0.5, 0.6) is 0 Å². The topological polar surface area (TPSA) is 40.5 Å². The fraction of sp³-hybridized carbons (Fsp3) is 0.895. The van der Waals surface area contributed by atoms with Crippen LogP contribution >= 0.6 is 15.9 Å². The van der Waals surface area contributed by atoms with Gasteiger partial charge in [0.2, 0.25) is 0 Å². The second-order valence-corrected chi connectivity index (χ2v) is 10.3. The molecule has 0 aromatic carbocycles. The summed E-state index contributed by atoms with van der Waals surface area (Å²) in [5.74, 6) is 1.67. The lowest BCUT2D eigenvalue weighted by Crippen LogP contribution is -2.53. The summed E-state index contributed by atoms with van der Waals surface area (Å²) in [6, 6.07) is 0. The number of hydrogen-bond donors (Lipinski definition) is 2. The number of aliphatic hydroxyl groups excluding tert-OH is 2. The van der Waals surface area contributed by atoms with Gasteiger partial charge in [-0.15, -0.1) is 0 Å². The molecule has 0 aromatic rings. The fourth-order valence-electron chi connectivity index (χ4n) is 6.60. The molecule has 22 heavy (non-hydrogen) atoms. The van der Waals surface area contributed by atoms with Crippen molar-refractivity contribution >= 4 is 15.9 Å². The minimum absolute atomic E-state index is 0.199. The highest BCUT2D eigenvalue weighted by molar-refractivity contribution is 9.09. The highest BCUT2D eigenvalue weighted by Gasteiger charge is 2.59. The van der Waals surface area contributed by atoms with Crippen LogP contribution in [0.4, 0.5) is 0 Å². The molecule has 3 fully saturated rings. The molecule has 0 aliphatic heterocycles. The van der Waals surface area contributed by atoms with Crippen molar-refractivity contribution in [2.24, 2.45) is 28.6 Å². The van der Waals surface area contributed by atoms with Gasteiger partial charge in [0, 0.05) is 4.83 Å². The zero-order chi connectivity index (χ0) is 15.7. The molecule has 4 aliphatic rings. The summed E-state index contributed by atoms with van der Waals surface area (Å²) in [7, 11) is 0. The third-order valence-corrected chi connectivity index (χ3v) is 8.52. The maximum Gasteiger partial charge on any atom is 0.0757 e. The summed E-state index contributed by atoms with van der Waals surface area (Å²) in [5.41, 5.74) is 1.97. The molecule has 2 nitrogen and oxygen atoms in total. The molecule has 4 aliphatic carbocycles. The summed E-state index contributed by atoms with van der Waals surface area (Å²) in [5, 5.41) is 21.0. The first-order valence-electron chi connectivity index (χ1n) is 9.05. The molecule has 124 valence electrons. The van der Waals surface area contributed by atoms with Crippen LogP contribution in [0, 0.1) is 28.6 Å². The van der Waals surface area contributed by atoms with E-state index in [9.17, 15) is 10.2 Å². The van der Waals surface area contributed by atoms with E-state index in [0.717, 1.165) is 19.3 Å². The summed E-state index contributed by atoms with van der Waals surface area (Å²) >= 11 is 3.86. The molecule has 0 bridgehead atoms. The van der Waals surface area contributed by atoms with Crippen molar-refractivity contribution in [2.75, 3.05) is 0 Å². The Kier molecular flexibility index (Phi) is 3.61. The summed E-state index contributed by atoms with van der Waals surface area (Å²) in [4.78, 5) is 0.625. The van der Waals surface area contributed by atoms with Crippen LogP contribution in [-0.4, -0.2) is 27.2 Å². The maximum absolute atomic E-state index is 10.9. The SMILES string of the molecule is C[C@]12CC[C@H]3[C@@H]([C@@H](O)C=C4C[C@@H](O)CC[C@@]43C)[C@@H]1C[C@H](Br)C2. The van der Waals surface area contributed by atoms with Gasteiger partial charge in [-0.1, -0.05) is 41.4 Å². The number of alkyl halides is 1. The van der Waals surface area contributed by atoms with Crippen molar-refractivity contribution in [3.63, 3.8) is 0 Å². The molecule has 0 amide bonds. The molecule has 3 saturated carbocycles. The van der Waals surface area contributed by atoms with Crippen molar-refractivity contribution in [2.45, 2.75) is 75.8 Å². The van der Waals surface area contributed by atoms with Crippen LogP contribution in [0.3, 0.4) is 0 Å². The van der Waals surface area contributed by atoms with E-state index in [1.807, 2.05) is 0 Å². The first-order chi connectivity index (χ1) is 10.3. The number of hydrogen-bond acceptors (Lipinski definition) is 2. The molecular formula is C19H29BrO2. The zero-order valence-electron chi connectivity index (χ0n) is 13.8. The molecule has 0 heterocycles. The van der Waals surface area contributed by atoms with E-state index in [1.54, 1.807) is 0 Å². The van der Waals surface area contributed by atoms with E-state index >= 15 is 0 Å². The van der Waals surface area contributed by atoms with Gasteiger partial charge in [0.15, 0.2) is 0 Å². The predicted molar refractivity (Wildman–Crippen MR) is 91.8 cm³/mol. The van der Waals surface area contributed by atoms with Gasteiger partial charge in [-0.05, 0) is 73.5 Å². The van der Waals surface area contributed by atoms with Crippen molar-refractivity contribution in [1.29, 1.82) is 0 Å². The fourth-order valence-corrected chi connectivity index (χ4v) is 7.74. The second-order valence-electron chi connectivity index (χ2n) is 9.02. The Morgan fingerprint density at radius 3 is 2.68 bits per heavy atom. The summed E-state index contributed by atoms with van der Waals surface area (Å²) < 4.78 is 0. The van der Waals surface area contributed by atoms with Crippen LogP contribution in [0.15, 0.2) is 11.6 Å². The lowest BCUT2D eigenvalue weighted by Gasteiger charge is -2.58. The van der Waals surface area contributed by atoms with E-state index in [4.69, 9.17) is 0 Å². The molecule has 2 N–H and O–H groups in total. The van der Waals surface area contributed by atoms with Crippen molar-refractivity contribution in [3.05, 3.63) is 11.6 Å². The highest BCUT2D eigenvalue weighted by Crippen LogP contribution is 2.65. The third-order valence-electron chi connectivity index (χ3n) is 7.82. The number of rotatable bonds is 0. The molecule has 0 unspecified atom stereocenters. The van der Waals surface area contributed by atoms with Gasteiger partial charge in [0.05, 0.1) is 12.2 Å². The normalized spacial score (nSPS) is 57.6.